The Balaban J connectivity index is 1.50. The molecule has 7 atom stereocenters. The minimum absolute atomic E-state index is 0.00795. The van der Waals surface area contributed by atoms with Crippen molar-refractivity contribution in [2.45, 2.75) is 41.2 Å². The predicted octanol–water partition coefficient (Wildman–Crippen LogP) is 3.10. The molecule has 5 unspecified atom stereocenters. The molecule has 2 fully saturated rings. The molecule has 7 heteroatoms. The molecule has 0 aromatic heterocycles. The van der Waals surface area contributed by atoms with Gasteiger partial charge in [0.2, 0.25) is 0 Å². The third-order valence-electron chi connectivity index (χ3n) is 4.92. The van der Waals surface area contributed by atoms with Crippen molar-refractivity contribution in [2.24, 2.45) is 0 Å². The van der Waals surface area contributed by atoms with Crippen molar-refractivity contribution in [3.8, 4) is 0 Å². The Kier molecular flexibility index (Phi) is 3.96. The molecule has 23 heavy (non-hydrogen) atoms. The number of halogens is 2. The van der Waals surface area contributed by atoms with E-state index in [1.165, 1.54) is 20.3 Å². The number of hydrogen-bond acceptors (Lipinski definition) is 4. The van der Waals surface area contributed by atoms with Crippen LogP contribution in [-0.2, 0) is 25.6 Å². The van der Waals surface area contributed by atoms with Crippen LogP contribution in [0.25, 0.3) is 5.57 Å². The van der Waals surface area contributed by atoms with E-state index in [-0.39, 0.29) is 34.6 Å². The SMILES string of the molecule is PC[C@H]1O[C@@H](I)C2OC3C4=C(OCc5cc(I)ccc54)C3OC21. The monoisotopic (exact) mass is 556 g/mol. The second-order valence-corrected chi connectivity index (χ2v) is 9.12. The average molecular weight is 556 g/mol. The molecule has 1 aliphatic carbocycles. The van der Waals surface area contributed by atoms with Crippen molar-refractivity contribution in [3.63, 3.8) is 0 Å². The Hall–Kier alpha value is 0.530. The predicted molar refractivity (Wildman–Crippen MR) is 105 cm³/mol. The van der Waals surface area contributed by atoms with Crippen LogP contribution in [-0.4, -0.2) is 40.8 Å². The molecule has 3 heterocycles. The van der Waals surface area contributed by atoms with Crippen molar-refractivity contribution < 1.29 is 18.9 Å². The fourth-order valence-corrected chi connectivity index (χ4v) is 5.71. The Labute approximate surface area is 164 Å². The van der Waals surface area contributed by atoms with E-state index in [9.17, 15) is 0 Å². The van der Waals surface area contributed by atoms with E-state index in [1.54, 1.807) is 0 Å². The number of rotatable bonds is 1. The van der Waals surface area contributed by atoms with Gasteiger partial charge in [-0.15, -0.1) is 9.24 Å². The lowest BCUT2D eigenvalue weighted by Gasteiger charge is -2.49. The molecule has 0 saturated carbocycles. The normalized spacial score (nSPS) is 40.5. The van der Waals surface area contributed by atoms with E-state index in [1.807, 2.05) is 0 Å². The molecule has 122 valence electrons. The zero-order valence-corrected chi connectivity index (χ0v) is 17.5. The highest BCUT2D eigenvalue weighted by Crippen LogP contribution is 2.51. The first-order chi connectivity index (χ1) is 11.2. The molecule has 1 aromatic rings. The van der Waals surface area contributed by atoms with Crippen LogP contribution in [0, 0.1) is 3.57 Å². The largest absolute Gasteiger partial charge is 0.490 e. The second-order valence-electron chi connectivity index (χ2n) is 6.17. The smallest absolute Gasteiger partial charge is 0.146 e. The van der Waals surface area contributed by atoms with Gasteiger partial charge < -0.3 is 18.9 Å². The minimum atomic E-state index is -0.0805. The van der Waals surface area contributed by atoms with E-state index in [0.717, 1.165) is 11.9 Å². The van der Waals surface area contributed by atoms with Crippen LogP contribution < -0.4 is 0 Å². The zero-order chi connectivity index (χ0) is 15.7. The van der Waals surface area contributed by atoms with Crippen LogP contribution in [0.5, 0.6) is 0 Å². The summed E-state index contributed by atoms with van der Waals surface area (Å²) in [6.45, 7) is 0.615. The standard InChI is InChI=1S/C16H15I2O4P/c17-7-1-2-8-6(3-7)4-19-12-10(8)13-14(12)21-11-9(5-23)20-16(18)15(11)22-13/h1-3,9,11,13-16H,4-5,23H2/t9-,11?,13?,14?,15?,16-/m1/s1. The minimum Gasteiger partial charge on any atom is -0.490 e. The topological polar surface area (TPSA) is 36.9 Å². The molecule has 5 rings (SSSR count). The van der Waals surface area contributed by atoms with Gasteiger partial charge in [0.05, 0.1) is 6.10 Å². The van der Waals surface area contributed by atoms with Crippen molar-refractivity contribution in [2.75, 3.05) is 6.16 Å². The third kappa shape index (κ3) is 2.28. The Morgan fingerprint density at radius 3 is 2.78 bits per heavy atom. The number of hydrogen-bond donors (Lipinski definition) is 0. The van der Waals surface area contributed by atoms with Gasteiger partial charge in [0.15, 0.2) is 0 Å². The highest BCUT2D eigenvalue weighted by atomic mass is 127. The summed E-state index contributed by atoms with van der Waals surface area (Å²) in [5.74, 6) is 0.960. The number of alkyl halides is 1. The molecule has 3 aliphatic heterocycles. The lowest BCUT2D eigenvalue weighted by molar-refractivity contribution is -0.205. The van der Waals surface area contributed by atoms with Gasteiger partial charge in [0, 0.05) is 9.14 Å². The van der Waals surface area contributed by atoms with E-state index >= 15 is 0 Å². The summed E-state index contributed by atoms with van der Waals surface area (Å²) >= 11 is 4.65. The molecule has 0 spiro atoms. The lowest BCUT2D eigenvalue weighted by Crippen LogP contribution is -2.58. The first-order valence-corrected chi connectivity index (χ1v) is 10.8. The molecule has 1 aromatic carbocycles. The van der Waals surface area contributed by atoms with Crippen molar-refractivity contribution in [1.29, 1.82) is 0 Å². The summed E-state index contributed by atoms with van der Waals surface area (Å²) < 4.78 is 26.0. The van der Waals surface area contributed by atoms with Gasteiger partial charge in [0.1, 0.15) is 40.9 Å². The van der Waals surface area contributed by atoms with Crippen LogP contribution in [0.1, 0.15) is 11.1 Å². The van der Waals surface area contributed by atoms with Gasteiger partial charge in [-0.05, 0) is 74.6 Å². The third-order valence-corrected chi connectivity index (χ3v) is 7.06. The first kappa shape index (κ1) is 15.8. The van der Waals surface area contributed by atoms with E-state index in [0.29, 0.717) is 6.61 Å². The summed E-state index contributed by atoms with van der Waals surface area (Å²) in [6.07, 6.45) is 0.805. The maximum absolute atomic E-state index is 6.40. The Morgan fingerprint density at radius 1 is 1.13 bits per heavy atom. The van der Waals surface area contributed by atoms with Gasteiger partial charge >= 0.3 is 0 Å². The molecule has 0 radical (unpaired) electrons. The quantitative estimate of drug-likeness (QED) is 0.303. The van der Waals surface area contributed by atoms with Crippen LogP contribution in [0.15, 0.2) is 24.0 Å². The Morgan fingerprint density at radius 2 is 1.96 bits per heavy atom. The highest BCUT2D eigenvalue weighted by Gasteiger charge is 2.58. The fraction of sp³-hybridized carbons (Fsp3) is 0.500. The molecule has 2 saturated heterocycles. The lowest BCUT2D eigenvalue weighted by atomic mass is 9.79. The van der Waals surface area contributed by atoms with Gasteiger partial charge in [-0.3, -0.25) is 0 Å². The summed E-state index contributed by atoms with van der Waals surface area (Å²) in [4.78, 5) is 0. The Bertz CT molecular complexity index is 709. The van der Waals surface area contributed by atoms with Crippen LogP contribution >= 0.6 is 54.4 Å². The number of ether oxygens (including phenoxy) is 4. The van der Waals surface area contributed by atoms with Gasteiger partial charge in [-0.1, -0.05) is 6.07 Å². The second kappa shape index (κ2) is 5.77. The highest BCUT2D eigenvalue weighted by molar-refractivity contribution is 14.1. The molecular weight excluding hydrogens is 541 g/mol. The van der Waals surface area contributed by atoms with Crippen molar-refractivity contribution in [1.82, 2.24) is 0 Å². The maximum Gasteiger partial charge on any atom is 0.146 e. The van der Waals surface area contributed by atoms with E-state index in [4.69, 9.17) is 18.9 Å². The molecular formula is C16H15I2O4P. The van der Waals surface area contributed by atoms with Gasteiger partial charge in [-0.25, -0.2) is 0 Å². The van der Waals surface area contributed by atoms with Crippen molar-refractivity contribution in [3.05, 3.63) is 38.7 Å². The summed E-state index contributed by atoms with van der Waals surface area (Å²) in [5.41, 5.74) is 3.65. The van der Waals surface area contributed by atoms with E-state index in [2.05, 4.69) is 72.6 Å². The molecule has 0 N–H and O–H groups in total. The van der Waals surface area contributed by atoms with Crippen LogP contribution in [0.4, 0.5) is 0 Å². The van der Waals surface area contributed by atoms with Crippen molar-refractivity contribution >= 4 is 60.0 Å². The van der Waals surface area contributed by atoms with Crippen LogP contribution in [0.3, 0.4) is 0 Å². The fourth-order valence-electron chi connectivity index (χ4n) is 3.82. The number of fused-ring (bicyclic) bond motifs is 6. The summed E-state index contributed by atoms with van der Waals surface area (Å²) in [6, 6.07) is 6.50. The molecule has 0 amide bonds. The van der Waals surface area contributed by atoms with Gasteiger partial charge in [0.25, 0.3) is 0 Å². The first-order valence-electron chi connectivity index (χ1n) is 7.63. The number of benzene rings is 1. The molecule has 4 nitrogen and oxygen atoms in total. The molecule has 4 aliphatic rings. The average Bonchev–Trinajstić information content (AvgIpc) is 2.86. The van der Waals surface area contributed by atoms with Crippen LogP contribution in [0.2, 0.25) is 0 Å². The summed E-state index contributed by atoms with van der Waals surface area (Å²) in [7, 11) is 2.74. The maximum atomic E-state index is 6.40. The zero-order valence-electron chi connectivity index (χ0n) is 12.1. The summed E-state index contributed by atoms with van der Waals surface area (Å²) in [5, 5.41) is 0. The van der Waals surface area contributed by atoms with E-state index < -0.39 is 0 Å². The van der Waals surface area contributed by atoms with Gasteiger partial charge in [-0.2, -0.15) is 0 Å². The molecule has 0 bridgehead atoms.